The maximum atomic E-state index is 4.44. The lowest BCUT2D eigenvalue weighted by Crippen LogP contribution is -2.30. The summed E-state index contributed by atoms with van der Waals surface area (Å²) in [5.74, 6) is 0. The summed E-state index contributed by atoms with van der Waals surface area (Å²) in [6.07, 6.45) is 12.3. The third kappa shape index (κ3) is 3.49. The molecule has 3 aromatic rings. The van der Waals surface area contributed by atoms with Crippen LogP contribution in [0.3, 0.4) is 0 Å². The summed E-state index contributed by atoms with van der Waals surface area (Å²) in [5, 5.41) is 4.26. The molecule has 0 saturated carbocycles. The Morgan fingerprint density at radius 3 is 2.58 bits per heavy atom. The summed E-state index contributed by atoms with van der Waals surface area (Å²) < 4.78 is 1.82. The molecule has 1 aromatic carbocycles. The number of hydrogen-bond acceptors (Lipinski definition) is 3. The quantitative estimate of drug-likeness (QED) is 0.716. The van der Waals surface area contributed by atoms with E-state index in [4.69, 9.17) is 0 Å². The van der Waals surface area contributed by atoms with E-state index in [2.05, 4.69) is 39.2 Å². The second-order valence-corrected chi connectivity index (χ2v) is 6.68. The highest BCUT2D eigenvalue weighted by Crippen LogP contribution is 2.20. The van der Waals surface area contributed by atoms with Gasteiger partial charge in [0.05, 0.1) is 6.20 Å². The van der Waals surface area contributed by atoms with Crippen molar-refractivity contribution >= 4 is 5.65 Å². The number of fused-ring (bicyclic) bond motifs is 1. The predicted octanol–water partition coefficient (Wildman–Crippen LogP) is 3.81. The van der Waals surface area contributed by atoms with Gasteiger partial charge in [0.15, 0.2) is 5.65 Å². The second kappa shape index (κ2) is 7.14. The molecule has 3 heterocycles. The van der Waals surface area contributed by atoms with E-state index in [-0.39, 0.29) is 0 Å². The van der Waals surface area contributed by atoms with Crippen LogP contribution in [0.25, 0.3) is 16.8 Å². The van der Waals surface area contributed by atoms with Gasteiger partial charge in [0.25, 0.3) is 0 Å². The summed E-state index contributed by atoms with van der Waals surface area (Å²) in [6.45, 7) is 3.82. The number of benzene rings is 1. The van der Waals surface area contributed by atoms with Crippen LogP contribution in [0.1, 0.15) is 31.2 Å². The summed E-state index contributed by atoms with van der Waals surface area (Å²) in [4.78, 5) is 7.05. The first-order chi connectivity index (χ1) is 11.9. The molecule has 0 amide bonds. The van der Waals surface area contributed by atoms with Crippen molar-refractivity contribution in [3.8, 4) is 11.1 Å². The molecule has 4 rings (SSSR count). The van der Waals surface area contributed by atoms with Crippen molar-refractivity contribution in [2.45, 2.75) is 32.1 Å². The summed E-state index contributed by atoms with van der Waals surface area (Å²) in [7, 11) is 0. The van der Waals surface area contributed by atoms with E-state index in [1.807, 2.05) is 23.0 Å². The molecule has 24 heavy (non-hydrogen) atoms. The average Bonchev–Trinajstić information content (AvgIpc) is 3.11. The van der Waals surface area contributed by atoms with Crippen LogP contribution >= 0.6 is 0 Å². The van der Waals surface area contributed by atoms with Crippen LogP contribution < -0.4 is 0 Å². The third-order valence-electron chi connectivity index (χ3n) is 4.92. The minimum absolute atomic E-state index is 0.882. The highest BCUT2D eigenvalue weighted by atomic mass is 15.2. The van der Waals surface area contributed by atoms with Crippen LogP contribution in [0.5, 0.6) is 0 Å². The summed E-state index contributed by atoms with van der Waals surface area (Å²) >= 11 is 0. The largest absolute Gasteiger partial charge is 0.303 e. The van der Waals surface area contributed by atoms with E-state index in [0.29, 0.717) is 0 Å². The Balaban J connectivity index is 1.37. The van der Waals surface area contributed by atoms with Gasteiger partial charge in [-0.3, -0.25) is 0 Å². The monoisotopic (exact) mass is 320 g/mol. The fourth-order valence-electron chi connectivity index (χ4n) is 3.51. The fourth-order valence-corrected chi connectivity index (χ4v) is 3.51. The maximum Gasteiger partial charge on any atom is 0.154 e. The summed E-state index contributed by atoms with van der Waals surface area (Å²) in [5.41, 5.74) is 4.60. The Kier molecular flexibility index (Phi) is 4.56. The number of piperidine rings is 1. The van der Waals surface area contributed by atoms with Crippen molar-refractivity contribution in [2.75, 3.05) is 19.6 Å². The van der Waals surface area contributed by atoms with Crippen LogP contribution in [-0.2, 0) is 6.42 Å². The van der Waals surface area contributed by atoms with E-state index in [1.165, 1.54) is 56.4 Å². The smallest absolute Gasteiger partial charge is 0.154 e. The number of hydrogen-bond donors (Lipinski definition) is 0. The van der Waals surface area contributed by atoms with E-state index in [9.17, 15) is 0 Å². The maximum absolute atomic E-state index is 4.44. The second-order valence-electron chi connectivity index (χ2n) is 6.68. The third-order valence-corrected chi connectivity index (χ3v) is 4.92. The van der Waals surface area contributed by atoms with Gasteiger partial charge in [-0.05, 0) is 56.4 Å². The Labute approximate surface area is 143 Å². The van der Waals surface area contributed by atoms with Crippen LogP contribution in [0.2, 0.25) is 0 Å². The molecule has 0 unspecified atom stereocenters. The minimum atomic E-state index is 0.882. The van der Waals surface area contributed by atoms with Crippen molar-refractivity contribution < 1.29 is 0 Å². The highest BCUT2D eigenvalue weighted by Gasteiger charge is 2.09. The average molecular weight is 320 g/mol. The van der Waals surface area contributed by atoms with E-state index in [1.54, 1.807) is 6.20 Å². The highest BCUT2D eigenvalue weighted by molar-refractivity contribution is 5.63. The zero-order valence-electron chi connectivity index (χ0n) is 14.1. The fraction of sp³-hybridized carbons (Fsp3) is 0.400. The minimum Gasteiger partial charge on any atom is -0.303 e. The van der Waals surface area contributed by atoms with Gasteiger partial charge in [0.1, 0.15) is 0 Å². The van der Waals surface area contributed by atoms with Gasteiger partial charge in [-0.15, -0.1) is 0 Å². The van der Waals surface area contributed by atoms with E-state index < -0.39 is 0 Å². The molecular formula is C20H24N4. The van der Waals surface area contributed by atoms with Gasteiger partial charge >= 0.3 is 0 Å². The Morgan fingerprint density at radius 2 is 1.75 bits per heavy atom. The predicted molar refractivity (Wildman–Crippen MR) is 97.0 cm³/mol. The van der Waals surface area contributed by atoms with E-state index in [0.717, 1.165) is 17.6 Å². The van der Waals surface area contributed by atoms with Gasteiger partial charge in [0.2, 0.25) is 0 Å². The van der Waals surface area contributed by atoms with Gasteiger partial charge in [0, 0.05) is 24.0 Å². The van der Waals surface area contributed by atoms with Gasteiger partial charge < -0.3 is 4.90 Å². The van der Waals surface area contributed by atoms with Crippen LogP contribution in [0, 0.1) is 0 Å². The molecule has 0 bridgehead atoms. The van der Waals surface area contributed by atoms with Crippen LogP contribution in [-0.4, -0.2) is 39.1 Å². The molecule has 1 saturated heterocycles. The molecule has 0 spiro atoms. The molecule has 1 aliphatic heterocycles. The first-order valence-corrected chi connectivity index (χ1v) is 8.99. The molecule has 0 atom stereocenters. The Hall–Kier alpha value is -2.20. The Morgan fingerprint density at radius 1 is 0.917 bits per heavy atom. The lowest BCUT2D eigenvalue weighted by Gasteiger charge is -2.26. The van der Waals surface area contributed by atoms with Crippen molar-refractivity contribution in [2.24, 2.45) is 0 Å². The molecule has 124 valence electrons. The lowest BCUT2D eigenvalue weighted by molar-refractivity contribution is 0.226. The van der Waals surface area contributed by atoms with Crippen molar-refractivity contribution in [1.82, 2.24) is 19.5 Å². The molecule has 0 radical (unpaired) electrons. The first kappa shape index (κ1) is 15.3. The molecule has 0 N–H and O–H groups in total. The van der Waals surface area contributed by atoms with E-state index >= 15 is 0 Å². The molecular weight excluding hydrogens is 296 g/mol. The van der Waals surface area contributed by atoms with Gasteiger partial charge in [-0.25, -0.2) is 9.50 Å². The number of rotatable bonds is 5. The molecule has 1 aliphatic rings. The zero-order chi connectivity index (χ0) is 16.2. The normalized spacial score (nSPS) is 15.8. The molecule has 4 heteroatoms. The Bertz CT molecular complexity index is 785. The number of aromatic nitrogens is 3. The zero-order valence-corrected chi connectivity index (χ0v) is 14.1. The first-order valence-electron chi connectivity index (χ1n) is 8.99. The van der Waals surface area contributed by atoms with Crippen molar-refractivity contribution in [3.63, 3.8) is 0 Å². The van der Waals surface area contributed by atoms with Gasteiger partial charge in [-0.2, -0.15) is 5.10 Å². The molecule has 1 fully saturated rings. The van der Waals surface area contributed by atoms with Crippen LogP contribution in [0.4, 0.5) is 0 Å². The van der Waals surface area contributed by atoms with Gasteiger partial charge in [-0.1, -0.05) is 30.7 Å². The standard InChI is InChI=1S/C20H24N4/c1-2-12-23(13-3-1)14-4-5-17-6-8-18(9-7-17)19-15-21-20-10-11-22-24(20)16-19/h6-11,15-16H,1-5,12-14H2. The SMILES string of the molecule is c1cc2ncc(-c3ccc(CCCN4CCCCC4)cc3)cn2n1. The number of aryl methyl sites for hydroxylation is 1. The summed E-state index contributed by atoms with van der Waals surface area (Å²) in [6, 6.07) is 10.8. The molecule has 2 aromatic heterocycles. The van der Waals surface area contributed by atoms with Crippen LogP contribution in [0.15, 0.2) is 48.9 Å². The number of nitrogens with zero attached hydrogens (tertiary/aromatic N) is 4. The molecule has 0 aliphatic carbocycles. The number of likely N-dealkylation sites (tertiary alicyclic amines) is 1. The lowest BCUT2D eigenvalue weighted by atomic mass is 10.0. The van der Waals surface area contributed by atoms with Crippen molar-refractivity contribution in [3.05, 3.63) is 54.5 Å². The topological polar surface area (TPSA) is 33.4 Å². The molecule has 4 nitrogen and oxygen atoms in total. The van der Waals surface area contributed by atoms with Crippen molar-refractivity contribution in [1.29, 1.82) is 0 Å².